The monoisotopic (exact) mass is 314 g/mol. The van der Waals surface area contributed by atoms with E-state index in [1.54, 1.807) is 0 Å². The highest BCUT2D eigenvalue weighted by Crippen LogP contribution is 2.42. The SMILES string of the molecule is CCO[SiH](CC(CC)(CC)COP(=O)(O)O)OCC. The van der Waals surface area contributed by atoms with E-state index in [1.807, 2.05) is 27.7 Å². The van der Waals surface area contributed by atoms with Crippen molar-refractivity contribution in [2.75, 3.05) is 19.8 Å². The van der Waals surface area contributed by atoms with Crippen LogP contribution in [-0.4, -0.2) is 38.9 Å². The zero-order chi connectivity index (χ0) is 14.9. The second kappa shape index (κ2) is 9.23. The molecule has 0 fully saturated rings. The Morgan fingerprint density at radius 2 is 1.53 bits per heavy atom. The first-order chi connectivity index (χ1) is 8.82. The van der Waals surface area contributed by atoms with E-state index in [0.717, 1.165) is 12.8 Å². The Hall–Kier alpha value is 0.247. The van der Waals surface area contributed by atoms with Crippen molar-refractivity contribution in [2.24, 2.45) is 5.41 Å². The van der Waals surface area contributed by atoms with Crippen LogP contribution < -0.4 is 0 Å². The van der Waals surface area contributed by atoms with Crippen molar-refractivity contribution in [3.8, 4) is 0 Å². The second-order valence-corrected chi connectivity index (χ2v) is 7.69. The molecule has 0 unspecified atom stereocenters. The Kier molecular flexibility index (Phi) is 9.35. The summed E-state index contributed by atoms with van der Waals surface area (Å²) in [6, 6.07) is 0.696. The fourth-order valence-electron chi connectivity index (χ4n) is 1.91. The lowest BCUT2D eigenvalue weighted by atomic mass is 9.85. The van der Waals surface area contributed by atoms with Crippen LogP contribution in [0.2, 0.25) is 6.04 Å². The molecule has 6 nitrogen and oxygen atoms in total. The first-order valence-corrected chi connectivity index (χ1v) is 10.0. The third-order valence-corrected chi connectivity index (χ3v) is 6.42. The van der Waals surface area contributed by atoms with E-state index >= 15 is 0 Å². The fourth-order valence-corrected chi connectivity index (χ4v) is 4.83. The van der Waals surface area contributed by atoms with Crippen LogP contribution in [0.5, 0.6) is 0 Å². The Labute approximate surface area is 117 Å². The lowest BCUT2D eigenvalue weighted by Gasteiger charge is -2.33. The molecule has 0 aromatic carbocycles. The van der Waals surface area contributed by atoms with Crippen molar-refractivity contribution in [3.05, 3.63) is 0 Å². The van der Waals surface area contributed by atoms with Crippen molar-refractivity contribution in [3.63, 3.8) is 0 Å². The summed E-state index contributed by atoms with van der Waals surface area (Å²) in [7, 11) is -6.24. The molecule has 8 heteroatoms. The lowest BCUT2D eigenvalue weighted by Crippen LogP contribution is -2.35. The third kappa shape index (κ3) is 8.19. The average Bonchev–Trinajstić information content (AvgIpc) is 2.34. The Morgan fingerprint density at radius 1 is 1.05 bits per heavy atom. The van der Waals surface area contributed by atoms with Crippen molar-refractivity contribution in [1.29, 1.82) is 0 Å². The van der Waals surface area contributed by atoms with E-state index in [1.165, 1.54) is 0 Å². The molecular weight excluding hydrogens is 287 g/mol. The normalized spacial score (nSPS) is 13.2. The van der Waals surface area contributed by atoms with Gasteiger partial charge in [0.2, 0.25) is 0 Å². The minimum Gasteiger partial charge on any atom is -0.397 e. The summed E-state index contributed by atoms with van der Waals surface area (Å²) in [5.74, 6) is 0. The molecule has 0 aromatic rings. The largest absolute Gasteiger partial charge is 0.469 e. The highest BCUT2D eigenvalue weighted by Gasteiger charge is 2.34. The van der Waals surface area contributed by atoms with Crippen LogP contribution in [0, 0.1) is 5.41 Å². The summed E-state index contributed by atoms with van der Waals surface area (Å²) >= 11 is 0. The molecule has 116 valence electrons. The molecule has 0 aromatic heterocycles. The predicted octanol–water partition coefficient (Wildman–Crippen LogP) is 2.20. The highest BCUT2D eigenvalue weighted by atomic mass is 31.2. The van der Waals surface area contributed by atoms with Gasteiger partial charge in [-0.25, -0.2) is 4.57 Å². The summed E-state index contributed by atoms with van der Waals surface area (Å²) in [5.41, 5.74) is -0.289. The van der Waals surface area contributed by atoms with E-state index in [9.17, 15) is 4.57 Å². The maximum Gasteiger partial charge on any atom is 0.469 e. The van der Waals surface area contributed by atoms with Crippen LogP contribution in [0.4, 0.5) is 0 Å². The van der Waals surface area contributed by atoms with E-state index < -0.39 is 17.1 Å². The summed E-state index contributed by atoms with van der Waals surface area (Å²) in [6.07, 6.45) is 1.54. The van der Waals surface area contributed by atoms with Crippen molar-refractivity contribution in [2.45, 2.75) is 46.6 Å². The lowest BCUT2D eigenvalue weighted by molar-refractivity contribution is 0.0989. The van der Waals surface area contributed by atoms with Crippen LogP contribution in [0.3, 0.4) is 0 Å². The molecule has 2 N–H and O–H groups in total. The molecule has 19 heavy (non-hydrogen) atoms. The molecule has 0 heterocycles. The fraction of sp³-hybridized carbons (Fsp3) is 1.00. The molecule has 0 aliphatic heterocycles. The predicted molar refractivity (Wildman–Crippen MR) is 76.2 cm³/mol. The molecule has 0 amide bonds. The van der Waals surface area contributed by atoms with E-state index in [2.05, 4.69) is 0 Å². The van der Waals surface area contributed by atoms with Gasteiger partial charge in [0.1, 0.15) is 0 Å². The first-order valence-electron chi connectivity index (χ1n) is 6.75. The maximum atomic E-state index is 10.9. The maximum absolute atomic E-state index is 10.9. The first kappa shape index (κ1) is 19.2. The highest BCUT2D eigenvalue weighted by molar-refractivity contribution is 7.46. The third-order valence-electron chi connectivity index (χ3n) is 3.34. The molecule has 0 bridgehead atoms. The minimum atomic E-state index is -4.43. The number of hydrogen-bond acceptors (Lipinski definition) is 4. The zero-order valence-electron chi connectivity index (χ0n) is 12.3. The topological polar surface area (TPSA) is 85.2 Å². The Balaban J connectivity index is 4.70. The van der Waals surface area contributed by atoms with Gasteiger partial charge in [0.25, 0.3) is 0 Å². The van der Waals surface area contributed by atoms with Gasteiger partial charge in [-0.2, -0.15) is 0 Å². The van der Waals surface area contributed by atoms with Crippen LogP contribution >= 0.6 is 7.82 Å². The van der Waals surface area contributed by atoms with Crippen molar-refractivity contribution in [1.82, 2.24) is 0 Å². The molecule has 0 saturated heterocycles. The van der Waals surface area contributed by atoms with E-state index in [0.29, 0.717) is 19.3 Å². The van der Waals surface area contributed by atoms with Gasteiger partial charge in [0.15, 0.2) is 0 Å². The van der Waals surface area contributed by atoms with E-state index in [-0.39, 0.29) is 12.0 Å². The number of hydrogen-bond donors (Lipinski definition) is 2. The number of rotatable bonds is 11. The van der Waals surface area contributed by atoms with Gasteiger partial charge >= 0.3 is 17.1 Å². The summed E-state index contributed by atoms with van der Waals surface area (Å²) in [4.78, 5) is 17.7. The molecule has 0 saturated carbocycles. The molecule has 0 radical (unpaired) electrons. The minimum absolute atomic E-state index is 0.0356. The number of phosphoric ester groups is 1. The molecule has 0 rings (SSSR count). The number of phosphoric acid groups is 1. The van der Waals surface area contributed by atoms with Crippen LogP contribution in [0.15, 0.2) is 0 Å². The molecule has 0 atom stereocenters. The van der Waals surface area contributed by atoms with Gasteiger partial charge in [0, 0.05) is 13.2 Å². The van der Waals surface area contributed by atoms with Crippen LogP contribution in [0.25, 0.3) is 0 Å². The molecule has 0 aliphatic carbocycles. The molecule has 0 aliphatic rings. The summed E-state index contributed by atoms with van der Waals surface area (Å²) < 4.78 is 26.9. The summed E-state index contributed by atoms with van der Waals surface area (Å²) in [6.45, 7) is 9.06. The van der Waals surface area contributed by atoms with Gasteiger partial charge in [-0.1, -0.05) is 13.8 Å². The van der Waals surface area contributed by atoms with Crippen LogP contribution in [-0.2, 0) is 17.9 Å². The Morgan fingerprint density at radius 3 is 1.84 bits per heavy atom. The van der Waals surface area contributed by atoms with Gasteiger partial charge in [-0.15, -0.1) is 0 Å². The molecular formula is C11H27O6PSi. The average molecular weight is 314 g/mol. The zero-order valence-corrected chi connectivity index (χ0v) is 14.3. The standard InChI is InChI=1S/C11H27O6PSi/c1-5-11(6-2,9-15-18(12,13)14)10-19(16-7-3)17-8-4/h19H,5-10H2,1-4H3,(H2,12,13,14). The van der Waals surface area contributed by atoms with Crippen molar-refractivity contribution >= 4 is 17.1 Å². The molecule has 0 spiro atoms. The quantitative estimate of drug-likeness (QED) is 0.449. The van der Waals surface area contributed by atoms with Crippen molar-refractivity contribution < 1.29 is 27.7 Å². The summed E-state index contributed by atoms with van der Waals surface area (Å²) in [5, 5.41) is 0. The van der Waals surface area contributed by atoms with Gasteiger partial charge in [0.05, 0.1) is 6.61 Å². The van der Waals surface area contributed by atoms with Crippen LogP contribution in [0.1, 0.15) is 40.5 Å². The van der Waals surface area contributed by atoms with Gasteiger partial charge in [-0.3, -0.25) is 4.52 Å². The van der Waals surface area contributed by atoms with Gasteiger partial charge in [-0.05, 0) is 38.1 Å². The van der Waals surface area contributed by atoms with Gasteiger partial charge < -0.3 is 18.6 Å². The van der Waals surface area contributed by atoms with E-state index in [4.69, 9.17) is 23.2 Å². The Bertz CT molecular complexity index is 272. The smallest absolute Gasteiger partial charge is 0.397 e. The second-order valence-electron chi connectivity index (χ2n) is 4.52.